The van der Waals surface area contributed by atoms with E-state index >= 15 is 0 Å². The van der Waals surface area contributed by atoms with E-state index in [4.69, 9.17) is 5.73 Å². The Bertz CT molecular complexity index is 922. The lowest BCUT2D eigenvalue weighted by Gasteiger charge is -2.07. The average molecular weight is 388 g/mol. The number of carbonyl (C=O) groups is 2. The fourth-order valence-corrected chi connectivity index (χ4v) is 3.90. The Balaban J connectivity index is 1.68. The van der Waals surface area contributed by atoms with Crippen molar-refractivity contribution in [2.45, 2.75) is 18.6 Å². The van der Waals surface area contributed by atoms with Crippen molar-refractivity contribution in [1.82, 2.24) is 19.7 Å². The Hall–Kier alpha value is -2.72. The Kier molecular flexibility index (Phi) is 5.64. The van der Waals surface area contributed by atoms with Crippen molar-refractivity contribution < 1.29 is 9.59 Å². The van der Waals surface area contributed by atoms with Crippen LogP contribution in [0.15, 0.2) is 41.1 Å². The molecule has 3 aromatic rings. The van der Waals surface area contributed by atoms with Crippen LogP contribution in [0.5, 0.6) is 0 Å². The predicted octanol–water partition coefficient (Wildman–Crippen LogP) is 2.25. The van der Waals surface area contributed by atoms with Gasteiger partial charge in [0, 0.05) is 24.5 Å². The van der Waals surface area contributed by atoms with Gasteiger partial charge in [0.05, 0.1) is 11.3 Å². The Morgan fingerprint density at radius 2 is 2.04 bits per heavy atom. The highest BCUT2D eigenvalue weighted by Crippen LogP contribution is 2.25. The molecule has 0 radical (unpaired) electrons. The minimum Gasteiger partial charge on any atom is -0.366 e. The number of nitrogens with zero attached hydrogens (tertiary/aromatic N) is 4. The largest absolute Gasteiger partial charge is 0.366 e. The van der Waals surface area contributed by atoms with Crippen molar-refractivity contribution in [3.63, 3.8) is 0 Å². The summed E-state index contributed by atoms with van der Waals surface area (Å²) in [7, 11) is 0. The number of hydrogen-bond acceptors (Lipinski definition) is 7. The molecule has 0 aromatic carbocycles. The van der Waals surface area contributed by atoms with E-state index in [0.717, 1.165) is 11.4 Å². The number of carbonyl (C=O) groups excluding carboxylic acids is 2. The minimum absolute atomic E-state index is 0.143. The second-order valence-corrected chi connectivity index (χ2v) is 7.01. The van der Waals surface area contributed by atoms with Gasteiger partial charge in [0.15, 0.2) is 11.0 Å². The molecule has 0 saturated carbocycles. The fraction of sp³-hybridized carbons (Fsp3) is 0.188. The second-order valence-electron chi connectivity index (χ2n) is 5.15. The Labute approximate surface area is 157 Å². The zero-order chi connectivity index (χ0) is 18.5. The number of primary amides is 1. The standard InChI is InChI=1S/C16H16N6O2S2/c1-2-22-14(10-3-6-18-7-4-10)20-21-16(22)26-9-12(23)19-15-11(13(17)24)5-8-25-15/h3-8H,2,9H2,1H3,(H2,17,24)(H,19,23). The highest BCUT2D eigenvalue weighted by Gasteiger charge is 2.16. The number of pyridine rings is 1. The van der Waals surface area contributed by atoms with E-state index in [1.807, 2.05) is 23.6 Å². The monoisotopic (exact) mass is 388 g/mol. The van der Waals surface area contributed by atoms with Crippen LogP contribution in [0.3, 0.4) is 0 Å². The first-order valence-corrected chi connectivity index (χ1v) is 9.60. The summed E-state index contributed by atoms with van der Waals surface area (Å²) in [6.07, 6.45) is 3.39. The molecule has 0 aliphatic rings. The van der Waals surface area contributed by atoms with Crippen LogP contribution in [0.25, 0.3) is 11.4 Å². The number of thiophene rings is 1. The van der Waals surface area contributed by atoms with Crippen LogP contribution in [0.4, 0.5) is 5.00 Å². The number of hydrogen-bond donors (Lipinski definition) is 2. The smallest absolute Gasteiger partial charge is 0.251 e. The summed E-state index contributed by atoms with van der Waals surface area (Å²) in [5.74, 6) is 0.0648. The van der Waals surface area contributed by atoms with Crippen LogP contribution in [0, 0.1) is 0 Å². The molecule has 3 rings (SSSR count). The topological polar surface area (TPSA) is 116 Å². The lowest BCUT2D eigenvalue weighted by molar-refractivity contribution is -0.113. The van der Waals surface area contributed by atoms with Crippen molar-refractivity contribution in [3.8, 4) is 11.4 Å². The van der Waals surface area contributed by atoms with Gasteiger partial charge in [0.1, 0.15) is 5.00 Å². The Morgan fingerprint density at radius 1 is 1.27 bits per heavy atom. The Morgan fingerprint density at radius 3 is 2.73 bits per heavy atom. The first-order valence-electron chi connectivity index (χ1n) is 7.73. The maximum atomic E-state index is 12.2. The van der Waals surface area contributed by atoms with E-state index in [-0.39, 0.29) is 11.7 Å². The highest BCUT2D eigenvalue weighted by molar-refractivity contribution is 7.99. The van der Waals surface area contributed by atoms with Crippen LogP contribution >= 0.6 is 23.1 Å². The van der Waals surface area contributed by atoms with Crippen LogP contribution in [0.2, 0.25) is 0 Å². The summed E-state index contributed by atoms with van der Waals surface area (Å²) in [6, 6.07) is 5.31. The second kappa shape index (κ2) is 8.11. The van der Waals surface area contributed by atoms with E-state index < -0.39 is 5.91 Å². The van der Waals surface area contributed by atoms with Crippen LogP contribution in [-0.4, -0.2) is 37.3 Å². The molecule has 0 unspecified atom stereocenters. The molecule has 3 aromatic heterocycles. The molecule has 0 bridgehead atoms. The normalized spacial score (nSPS) is 10.7. The third-order valence-corrected chi connectivity index (χ3v) is 5.28. The predicted molar refractivity (Wildman–Crippen MR) is 101 cm³/mol. The molecule has 0 atom stereocenters. The first-order chi connectivity index (χ1) is 12.6. The van der Waals surface area contributed by atoms with Crippen molar-refractivity contribution in [2.75, 3.05) is 11.1 Å². The van der Waals surface area contributed by atoms with Crippen LogP contribution in [-0.2, 0) is 11.3 Å². The number of thioether (sulfide) groups is 1. The van der Waals surface area contributed by atoms with Gasteiger partial charge in [-0.05, 0) is 30.5 Å². The maximum Gasteiger partial charge on any atom is 0.251 e. The third kappa shape index (κ3) is 3.92. The molecular formula is C16H16N6O2S2. The van der Waals surface area contributed by atoms with Gasteiger partial charge >= 0.3 is 0 Å². The maximum absolute atomic E-state index is 12.2. The molecule has 0 fully saturated rings. The van der Waals surface area contributed by atoms with Gasteiger partial charge in [-0.1, -0.05) is 11.8 Å². The van der Waals surface area contributed by atoms with Gasteiger partial charge in [0.25, 0.3) is 5.91 Å². The van der Waals surface area contributed by atoms with Crippen molar-refractivity contribution >= 4 is 39.9 Å². The lowest BCUT2D eigenvalue weighted by Crippen LogP contribution is -2.18. The van der Waals surface area contributed by atoms with Gasteiger partial charge < -0.3 is 15.6 Å². The highest BCUT2D eigenvalue weighted by atomic mass is 32.2. The molecule has 0 aliphatic carbocycles. The molecule has 3 heterocycles. The number of nitrogens with two attached hydrogens (primary N) is 1. The molecule has 2 amide bonds. The van der Waals surface area contributed by atoms with E-state index in [1.54, 1.807) is 23.8 Å². The summed E-state index contributed by atoms with van der Waals surface area (Å²) in [5.41, 5.74) is 6.50. The molecule has 26 heavy (non-hydrogen) atoms. The molecule has 0 spiro atoms. The van der Waals surface area contributed by atoms with E-state index in [2.05, 4.69) is 20.5 Å². The van der Waals surface area contributed by atoms with Crippen LogP contribution in [0.1, 0.15) is 17.3 Å². The summed E-state index contributed by atoms with van der Waals surface area (Å²) in [6.45, 7) is 2.66. The lowest BCUT2D eigenvalue weighted by atomic mass is 10.2. The van der Waals surface area contributed by atoms with Gasteiger partial charge in [-0.25, -0.2) is 0 Å². The number of aromatic nitrogens is 4. The zero-order valence-electron chi connectivity index (χ0n) is 13.9. The summed E-state index contributed by atoms with van der Waals surface area (Å²) < 4.78 is 1.94. The molecule has 3 N–H and O–H groups in total. The van der Waals surface area contributed by atoms with Crippen LogP contribution < -0.4 is 11.1 Å². The van der Waals surface area contributed by atoms with Crippen molar-refractivity contribution in [3.05, 3.63) is 41.5 Å². The van der Waals surface area contributed by atoms with Gasteiger partial charge in [-0.15, -0.1) is 21.5 Å². The average Bonchev–Trinajstić information content (AvgIpc) is 3.27. The molecule has 10 heteroatoms. The first kappa shape index (κ1) is 18.1. The zero-order valence-corrected chi connectivity index (χ0v) is 15.5. The van der Waals surface area contributed by atoms with Gasteiger partial charge in [0.2, 0.25) is 5.91 Å². The quantitative estimate of drug-likeness (QED) is 0.600. The number of anilines is 1. The molecular weight excluding hydrogens is 372 g/mol. The van der Waals surface area contributed by atoms with Gasteiger partial charge in [-0.3, -0.25) is 14.6 Å². The number of amides is 2. The minimum atomic E-state index is -0.568. The molecule has 0 saturated heterocycles. The SMILES string of the molecule is CCn1c(SCC(=O)Nc2sccc2C(N)=O)nnc1-c1ccncc1. The third-order valence-electron chi connectivity index (χ3n) is 3.49. The number of nitrogens with one attached hydrogen (secondary N) is 1. The molecule has 0 aliphatic heterocycles. The van der Waals surface area contributed by atoms with Crippen molar-refractivity contribution in [2.24, 2.45) is 5.73 Å². The van der Waals surface area contributed by atoms with E-state index in [1.165, 1.54) is 23.1 Å². The van der Waals surface area contributed by atoms with E-state index in [0.29, 0.717) is 22.3 Å². The number of rotatable bonds is 7. The van der Waals surface area contributed by atoms with Gasteiger partial charge in [-0.2, -0.15) is 0 Å². The van der Waals surface area contributed by atoms with Crippen molar-refractivity contribution in [1.29, 1.82) is 0 Å². The van der Waals surface area contributed by atoms with E-state index in [9.17, 15) is 9.59 Å². The molecule has 134 valence electrons. The summed E-state index contributed by atoms with van der Waals surface area (Å²) >= 11 is 2.54. The fourth-order valence-electron chi connectivity index (χ4n) is 2.29. The summed E-state index contributed by atoms with van der Waals surface area (Å²) in [5, 5.41) is 13.9. The molecule has 8 nitrogen and oxygen atoms in total. The summed E-state index contributed by atoms with van der Waals surface area (Å²) in [4.78, 5) is 27.5.